The van der Waals surface area contributed by atoms with Gasteiger partial charge in [-0.05, 0) is 6.07 Å². The molecule has 0 bridgehead atoms. The molecule has 0 atom stereocenters. The third-order valence-electron chi connectivity index (χ3n) is 2.11. The lowest BCUT2D eigenvalue weighted by Crippen LogP contribution is -2.12. The lowest BCUT2D eigenvalue weighted by atomic mass is 9.92. The summed E-state index contributed by atoms with van der Waals surface area (Å²) in [6, 6.07) is 2.07. The highest BCUT2D eigenvalue weighted by atomic mass is 16.3. The number of rotatable bonds is 2. The lowest BCUT2D eigenvalue weighted by Gasteiger charge is -2.13. The van der Waals surface area contributed by atoms with Gasteiger partial charge in [-0.15, -0.1) is 0 Å². The van der Waals surface area contributed by atoms with E-state index in [4.69, 9.17) is 5.11 Å². The van der Waals surface area contributed by atoms with Gasteiger partial charge in [-0.25, -0.2) is 0 Å². The van der Waals surface area contributed by atoms with Gasteiger partial charge in [0.2, 0.25) is 0 Å². The summed E-state index contributed by atoms with van der Waals surface area (Å²) >= 11 is 0. The van der Waals surface area contributed by atoms with E-state index in [1.54, 1.807) is 0 Å². The molecule has 0 amide bonds. The zero-order valence-corrected chi connectivity index (χ0v) is 8.83. The van der Waals surface area contributed by atoms with Crippen LogP contribution in [0.25, 0.3) is 0 Å². The summed E-state index contributed by atoms with van der Waals surface area (Å²) in [5, 5.41) is 13.2. The molecule has 1 aromatic heterocycles. The molecule has 0 fully saturated rings. The Morgan fingerprint density at radius 3 is 2.46 bits per heavy atom. The van der Waals surface area contributed by atoms with Crippen LogP contribution in [0.5, 0.6) is 0 Å². The molecule has 0 aromatic carbocycles. The lowest BCUT2D eigenvalue weighted by molar-refractivity contribution is 0.296. The highest BCUT2D eigenvalue weighted by Gasteiger charge is 2.18. The minimum Gasteiger partial charge on any atom is -0.396 e. The first-order valence-corrected chi connectivity index (χ1v) is 4.59. The van der Waals surface area contributed by atoms with Crippen molar-refractivity contribution in [3.8, 4) is 0 Å². The van der Waals surface area contributed by atoms with Crippen molar-refractivity contribution in [3.05, 3.63) is 17.5 Å². The Kier molecular flexibility index (Phi) is 2.76. The molecule has 0 spiro atoms. The summed E-state index contributed by atoms with van der Waals surface area (Å²) in [7, 11) is 1.92. The normalized spacial score (nSPS) is 12.1. The van der Waals surface area contributed by atoms with Crippen LogP contribution in [-0.2, 0) is 18.9 Å². The average molecular weight is 182 g/mol. The van der Waals surface area contributed by atoms with Crippen LogP contribution in [0, 0.1) is 0 Å². The van der Waals surface area contributed by atoms with Gasteiger partial charge >= 0.3 is 0 Å². The fourth-order valence-electron chi connectivity index (χ4n) is 1.22. The van der Waals surface area contributed by atoms with E-state index in [1.807, 2.05) is 11.7 Å². The first-order valence-electron chi connectivity index (χ1n) is 4.59. The van der Waals surface area contributed by atoms with E-state index >= 15 is 0 Å². The topological polar surface area (TPSA) is 38.0 Å². The maximum Gasteiger partial charge on any atom is 0.0680 e. The zero-order valence-electron chi connectivity index (χ0n) is 8.83. The molecule has 0 radical (unpaired) electrons. The zero-order chi connectivity index (χ0) is 10.1. The molecule has 3 nitrogen and oxygen atoms in total. The van der Waals surface area contributed by atoms with Crippen LogP contribution >= 0.6 is 0 Å². The van der Waals surface area contributed by atoms with Crippen molar-refractivity contribution in [3.63, 3.8) is 0 Å². The minimum atomic E-state index is 0.0888. The van der Waals surface area contributed by atoms with Gasteiger partial charge in [0, 0.05) is 31.2 Å². The molecule has 0 saturated heterocycles. The number of hydrogen-bond acceptors (Lipinski definition) is 2. The quantitative estimate of drug-likeness (QED) is 0.747. The van der Waals surface area contributed by atoms with E-state index in [0.29, 0.717) is 6.42 Å². The Balaban J connectivity index is 2.95. The Bertz CT molecular complexity index is 284. The van der Waals surface area contributed by atoms with Crippen LogP contribution in [0.1, 0.15) is 32.2 Å². The van der Waals surface area contributed by atoms with E-state index in [0.717, 1.165) is 11.4 Å². The smallest absolute Gasteiger partial charge is 0.0680 e. The van der Waals surface area contributed by atoms with Crippen molar-refractivity contribution in [1.29, 1.82) is 0 Å². The maximum absolute atomic E-state index is 8.82. The Morgan fingerprint density at radius 1 is 1.46 bits per heavy atom. The second-order valence-electron chi connectivity index (χ2n) is 4.37. The average Bonchev–Trinajstić information content (AvgIpc) is 2.32. The number of aliphatic hydroxyl groups excluding tert-OH is 1. The van der Waals surface area contributed by atoms with Crippen molar-refractivity contribution in [1.82, 2.24) is 9.78 Å². The number of hydrogen-bond donors (Lipinski definition) is 1. The van der Waals surface area contributed by atoms with Gasteiger partial charge in [-0.3, -0.25) is 4.68 Å². The van der Waals surface area contributed by atoms with Gasteiger partial charge < -0.3 is 5.11 Å². The fourth-order valence-corrected chi connectivity index (χ4v) is 1.22. The van der Waals surface area contributed by atoms with Gasteiger partial charge in [-0.2, -0.15) is 5.10 Å². The van der Waals surface area contributed by atoms with Crippen LogP contribution in [0.3, 0.4) is 0 Å². The van der Waals surface area contributed by atoms with Crippen molar-refractivity contribution >= 4 is 0 Å². The molecule has 1 N–H and O–H groups in total. The first kappa shape index (κ1) is 10.3. The van der Waals surface area contributed by atoms with E-state index in [2.05, 4.69) is 31.9 Å². The van der Waals surface area contributed by atoms with Crippen LogP contribution < -0.4 is 0 Å². The van der Waals surface area contributed by atoms with E-state index in [1.165, 1.54) is 0 Å². The largest absolute Gasteiger partial charge is 0.396 e. The Hall–Kier alpha value is -0.830. The molecule has 3 heteroatoms. The van der Waals surface area contributed by atoms with Gasteiger partial charge in [0.05, 0.1) is 5.69 Å². The number of aryl methyl sites for hydroxylation is 1. The van der Waals surface area contributed by atoms with Crippen LogP contribution in [0.2, 0.25) is 0 Å². The Morgan fingerprint density at radius 2 is 2.08 bits per heavy atom. The van der Waals surface area contributed by atoms with Crippen molar-refractivity contribution < 1.29 is 5.11 Å². The van der Waals surface area contributed by atoms with Crippen molar-refractivity contribution in [2.24, 2.45) is 7.05 Å². The predicted molar refractivity (Wildman–Crippen MR) is 52.7 cm³/mol. The van der Waals surface area contributed by atoms with E-state index in [9.17, 15) is 0 Å². The molecule has 74 valence electrons. The molecule has 0 aliphatic carbocycles. The van der Waals surface area contributed by atoms with Gasteiger partial charge in [0.1, 0.15) is 0 Å². The second-order valence-corrected chi connectivity index (χ2v) is 4.37. The van der Waals surface area contributed by atoms with Crippen molar-refractivity contribution in [2.75, 3.05) is 6.61 Å². The number of aliphatic hydroxyl groups is 1. The summed E-state index contributed by atoms with van der Waals surface area (Å²) in [6.45, 7) is 6.59. The molecule has 1 heterocycles. The summed E-state index contributed by atoms with van der Waals surface area (Å²) in [6.07, 6.45) is 0.680. The predicted octanol–water partition coefficient (Wildman–Crippen LogP) is 1.25. The third kappa shape index (κ3) is 2.31. The maximum atomic E-state index is 8.82. The number of nitrogens with zero attached hydrogens (tertiary/aromatic N) is 2. The van der Waals surface area contributed by atoms with Crippen LogP contribution in [-0.4, -0.2) is 21.5 Å². The molecule has 0 unspecified atom stereocenters. The second kappa shape index (κ2) is 3.50. The summed E-state index contributed by atoms with van der Waals surface area (Å²) < 4.78 is 1.84. The van der Waals surface area contributed by atoms with E-state index < -0.39 is 0 Å². The van der Waals surface area contributed by atoms with Crippen LogP contribution in [0.15, 0.2) is 6.07 Å². The molecule has 0 aliphatic heterocycles. The molecule has 0 saturated carbocycles. The monoisotopic (exact) mass is 182 g/mol. The summed E-state index contributed by atoms with van der Waals surface area (Å²) in [5.41, 5.74) is 2.26. The highest BCUT2D eigenvalue weighted by molar-refractivity contribution is 5.17. The fraction of sp³-hybridized carbons (Fsp3) is 0.700. The van der Waals surface area contributed by atoms with Gasteiger partial charge in [0.25, 0.3) is 0 Å². The Labute approximate surface area is 79.4 Å². The molecule has 1 rings (SSSR count). The van der Waals surface area contributed by atoms with Crippen LogP contribution in [0.4, 0.5) is 0 Å². The highest BCUT2D eigenvalue weighted by Crippen LogP contribution is 2.21. The molecular weight excluding hydrogens is 164 g/mol. The molecular formula is C10H18N2O. The van der Waals surface area contributed by atoms with Gasteiger partial charge in [0.15, 0.2) is 0 Å². The number of aromatic nitrogens is 2. The SMILES string of the molecule is Cn1nc(C(C)(C)C)cc1CCO. The standard InChI is InChI=1S/C10H18N2O/c1-10(2,3)9-7-8(5-6-13)12(4)11-9/h7,13H,5-6H2,1-4H3. The minimum absolute atomic E-state index is 0.0888. The summed E-state index contributed by atoms with van der Waals surface area (Å²) in [4.78, 5) is 0. The van der Waals surface area contributed by atoms with Crippen molar-refractivity contribution in [2.45, 2.75) is 32.6 Å². The van der Waals surface area contributed by atoms with Gasteiger partial charge in [-0.1, -0.05) is 20.8 Å². The third-order valence-corrected chi connectivity index (χ3v) is 2.11. The first-order chi connectivity index (χ1) is 5.95. The molecule has 1 aromatic rings. The molecule has 0 aliphatic rings. The van der Waals surface area contributed by atoms with E-state index in [-0.39, 0.29) is 12.0 Å². The molecule has 13 heavy (non-hydrogen) atoms. The summed E-state index contributed by atoms with van der Waals surface area (Å²) in [5.74, 6) is 0.